The molecule has 1 amide bonds. The topological polar surface area (TPSA) is 38.1 Å². The number of carbonyl (C=O) groups is 1. The molecular formula is C15H20ClN3O. The number of alkyl halides is 1. The fraction of sp³-hybridized carbons (Fsp3) is 0.467. The van der Waals surface area contributed by atoms with E-state index in [1.54, 1.807) is 0 Å². The second-order valence-corrected chi connectivity index (χ2v) is 5.02. The maximum absolute atomic E-state index is 12.3. The van der Waals surface area contributed by atoms with Crippen molar-refractivity contribution in [2.75, 3.05) is 13.1 Å². The van der Waals surface area contributed by atoms with Crippen LogP contribution in [0.4, 0.5) is 0 Å². The van der Waals surface area contributed by atoms with Crippen LogP contribution in [0.5, 0.6) is 0 Å². The van der Waals surface area contributed by atoms with Crippen molar-refractivity contribution in [2.45, 2.75) is 33.2 Å². The molecule has 20 heavy (non-hydrogen) atoms. The molecule has 0 radical (unpaired) electrons. The molecule has 0 aliphatic carbocycles. The zero-order chi connectivity index (χ0) is 14.7. The Morgan fingerprint density at radius 2 is 2.05 bits per heavy atom. The van der Waals surface area contributed by atoms with Gasteiger partial charge in [0.2, 0.25) is 5.91 Å². The lowest BCUT2D eigenvalue weighted by atomic mass is 10.2. The van der Waals surface area contributed by atoms with Gasteiger partial charge < -0.3 is 9.47 Å². The molecule has 1 heterocycles. The van der Waals surface area contributed by atoms with Crippen LogP contribution in [-0.4, -0.2) is 33.4 Å². The van der Waals surface area contributed by atoms with Crippen molar-refractivity contribution in [1.82, 2.24) is 14.5 Å². The predicted molar refractivity (Wildman–Crippen MR) is 82.0 cm³/mol. The summed E-state index contributed by atoms with van der Waals surface area (Å²) in [4.78, 5) is 18.7. The Morgan fingerprint density at radius 1 is 1.35 bits per heavy atom. The molecule has 1 aromatic heterocycles. The largest absolute Gasteiger partial charge is 0.342 e. The number of carbonyl (C=O) groups excluding carboxylic acids is 1. The third-order valence-electron chi connectivity index (χ3n) is 3.59. The first-order chi connectivity index (χ1) is 9.62. The molecule has 0 saturated carbocycles. The first kappa shape index (κ1) is 14.9. The lowest BCUT2D eigenvalue weighted by molar-refractivity contribution is -0.131. The number of aryl methyl sites for hydroxylation is 1. The van der Waals surface area contributed by atoms with Crippen molar-refractivity contribution in [2.24, 2.45) is 0 Å². The van der Waals surface area contributed by atoms with E-state index in [9.17, 15) is 4.79 Å². The van der Waals surface area contributed by atoms with Crippen LogP contribution in [-0.2, 0) is 17.2 Å². The summed E-state index contributed by atoms with van der Waals surface area (Å²) in [6.07, 6.45) is 0. The maximum atomic E-state index is 12.3. The fourth-order valence-corrected chi connectivity index (χ4v) is 2.63. The molecule has 1 aromatic carbocycles. The molecule has 5 heteroatoms. The third-order valence-corrected chi connectivity index (χ3v) is 3.83. The van der Waals surface area contributed by atoms with Crippen molar-refractivity contribution in [3.63, 3.8) is 0 Å². The molecular weight excluding hydrogens is 274 g/mol. The zero-order valence-corrected chi connectivity index (χ0v) is 12.9. The number of aromatic nitrogens is 2. The number of halogens is 1. The summed E-state index contributed by atoms with van der Waals surface area (Å²) in [5.74, 6) is 1.15. The maximum Gasteiger partial charge on any atom is 0.242 e. The van der Waals surface area contributed by atoms with E-state index in [0.29, 0.717) is 12.4 Å². The van der Waals surface area contributed by atoms with Crippen molar-refractivity contribution >= 4 is 28.5 Å². The van der Waals surface area contributed by atoms with Crippen LogP contribution in [0, 0.1) is 6.92 Å². The van der Waals surface area contributed by atoms with E-state index in [-0.39, 0.29) is 5.91 Å². The van der Waals surface area contributed by atoms with E-state index in [1.807, 2.05) is 48.4 Å². The van der Waals surface area contributed by atoms with Gasteiger partial charge in [0.1, 0.15) is 12.4 Å². The van der Waals surface area contributed by atoms with Gasteiger partial charge in [0.15, 0.2) is 0 Å². The van der Waals surface area contributed by atoms with Gasteiger partial charge in [-0.3, -0.25) is 4.79 Å². The number of nitrogens with zero attached hydrogens (tertiary/aromatic N) is 3. The Bertz CT molecular complexity index is 617. The molecule has 4 nitrogen and oxygen atoms in total. The SMILES string of the molecule is CCN(CC)C(=O)Cn1c(CCl)nc2c(C)cccc21. The first-order valence-corrected chi connectivity index (χ1v) is 7.44. The first-order valence-electron chi connectivity index (χ1n) is 6.90. The average molecular weight is 294 g/mol. The van der Waals surface area contributed by atoms with E-state index in [0.717, 1.165) is 35.5 Å². The van der Waals surface area contributed by atoms with Gasteiger partial charge in [-0.1, -0.05) is 12.1 Å². The van der Waals surface area contributed by atoms with E-state index in [2.05, 4.69) is 4.98 Å². The molecule has 0 unspecified atom stereocenters. The zero-order valence-electron chi connectivity index (χ0n) is 12.2. The number of hydrogen-bond donors (Lipinski definition) is 0. The number of imidazole rings is 1. The summed E-state index contributed by atoms with van der Waals surface area (Å²) in [6, 6.07) is 5.99. The second-order valence-electron chi connectivity index (χ2n) is 4.76. The molecule has 0 bridgehead atoms. The molecule has 2 rings (SSSR count). The molecule has 2 aromatic rings. The van der Waals surface area contributed by atoms with Crippen molar-refractivity contribution in [1.29, 1.82) is 0 Å². The van der Waals surface area contributed by atoms with Gasteiger partial charge in [-0.25, -0.2) is 4.98 Å². The van der Waals surface area contributed by atoms with Crippen molar-refractivity contribution in [3.8, 4) is 0 Å². The summed E-state index contributed by atoms with van der Waals surface area (Å²) in [5, 5.41) is 0. The minimum absolute atomic E-state index is 0.0992. The van der Waals surface area contributed by atoms with Gasteiger partial charge >= 0.3 is 0 Å². The summed E-state index contributed by atoms with van der Waals surface area (Å²) in [5.41, 5.74) is 3.00. The quantitative estimate of drug-likeness (QED) is 0.795. The smallest absolute Gasteiger partial charge is 0.242 e. The van der Waals surface area contributed by atoms with Gasteiger partial charge in [-0.2, -0.15) is 0 Å². The highest BCUT2D eigenvalue weighted by atomic mass is 35.5. The Hall–Kier alpha value is -1.55. The van der Waals surface area contributed by atoms with Crippen molar-refractivity contribution in [3.05, 3.63) is 29.6 Å². The number of benzene rings is 1. The molecule has 0 aliphatic rings. The summed E-state index contributed by atoms with van der Waals surface area (Å²) >= 11 is 5.98. The van der Waals surface area contributed by atoms with E-state index >= 15 is 0 Å². The highest BCUT2D eigenvalue weighted by Crippen LogP contribution is 2.21. The molecule has 0 saturated heterocycles. The third kappa shape index (κ3) is 2.66. The van der Waals surface area contributed by atoms with Crippen LogP contribution in [0.25, 0.3) is 11.0 Å². The average Bonchev–Trinajstić information content (AvgIpc) is 2.80. The number of hydrogen-bond acceptors (Lipinski definition) is 2. The van der Waals surface area contributed by atoms with E-state index < -0.39 is 0 Å². The van der Waals surface area contributed by atoms with Crippen LogP contribution in [0.3, 0.4) is 0 Å². The Morgan fingerprint density at radius 3 is 2.65 bits per heavy atom. The van der Waals surface area contributed by atoms with Crippen molar-refractivity contribution < 1.29 is 4.79 Å². The van der Waals surface area contributed by atoms with E-state index in [1.165, 1.54) is 0 Å². The minimum atomic E-state index is 0.0992. The Kier molecular flexibility index (Phi) is 4.65. The summed E-state index contributed by atoms with van der Waals surface area (Å²) in [7, 11) is 0. The van der Waals surface area contributed by atoms with Gasteiger partial charge in [-0.15, -0.1) is 11.6 Å². The molecule has 0 fully saturated rings. The summed E-state index contributed by atoms with van der Waals surface area (Å²) < 4.78 is 1.93. The van der Waals surface area contributed by atoms with Gasteiger partial charge in [0, 0.05) is 13.1 Å². The molecule has 0 atom stereocenters. The second kappa shape index (κ2) is 6.27. The van der Waals surface area contributed by atoms with Crippen LogP contribution < -0.4 is 0 Å². The lowest BCUT2D eigenvalue weighted by Crippen LogP contribution is -2.33. The predicted octanol–water partition coefficient (Wildman–Crippen LogP) is 2.95. The Labute approximate surface area is 124 Å². The number of fused-ring (bicyclic) bond motifs is 1. The van der Waals surface area contributed by atoms with Crippen LogP contribution in [0.1, 0.15) is 25.2 Å². The normalized spacial score (nSPS) is 11.0. The number of rotatable bonds is 5. The van der Waals surface area contributed by atoms with Crippen LogP contribution >= 0.6 is 11.6 Å². The Balaban J connectivity index is 2.43. The van der Waals surface area contributed by atoms with Gasteiger partial charge in [0.05, 0.1) is 16.9 Å². The standard InChI is InChI=1S/C15H20ClN3O/c1-4-18(5-2)14(20)10-19-12-8-6-7-11(3)15(12)17-13(19)9-16/h6-8H,4-5,9-10H2,1-3H3. The fourth-order valence-electron chi connectivity index (χ4n) is 2.43. The van der Waals surface area contributed by atoms with E-state index in [4.69, 9.17) is 11.6 Å². The highest BCUT2D eigenvalue weighted by Gasteiger charge is 2.16. The molecule has 108 valence electrons. The molecule has 0 aliphatic heterocycles. The van der Waals surface area contributed by atoms with Crippen LogP contribution in [0.2, 0.25) is 0 Å². The number of likely N-dealkylation sites (N-methyl/N-ethyl adjacent to an activating group) is 1. The minimum Gasteiger partial charge on any atom is -0.342 e. The number of para-hydroxylation sites is 1. The molecule has 0 spiro atoms. The highest BCUT2D eigenvalue weighted by molar-refractivity contribution is 6.16. The lowest BCUT2D eigenvalue weighted by Gasteiger charge is -2.19. The monoisotopic (exact) mass is 293 g/mol. The van der Waals surface area contributed by atoms with Gasteiger partial charge in [-0.05, 0) is 32.4 Å². The summed E-state index contributed by atoms with van der Waals surface area (Å²) in [6.45, 7) is 7.72. The van der Waals surface area contributed by atoms with Crippen LogP contribution in [0.15, 0.2) is 18.2 Å². The molecule has 0 N–H and O–H groups in total. The van der Waals surface area contributed by atoms with Gasteiger partial charge in [0.25, 0.3) is 0 Å². The number of amides is 1.